The number of rotatable bonds is 2. The summed E-state index contributed by atoms with van der Waals surface area (Å²) in [6.07, 6.45) is 8.03. The fourth-order valence-corrected chi connectivity index (χ4v) is 3.02. The van der Waals surface area contributed by atoms with Crippen LogP contribution in [0.5, 0.6) is 11.5 Å². The second-order valence-corrected chi connectivity index (χ2v) is 5.97. The number of hydrogen-bond acceptors (Lipinski definition) is 2. The monoisotopic (exact) mass is 289 g/mol. The van der Waals surface area contributed by atoms with Crippen molar-refractivity contribution in [1.82, 2.24) is 0 Å². The fourth-order valence-electron chi connectivity index (χ4n) is 3.02. The Bertz CT molecular complexity index is 714. The lowest BCUT2D eigenvalue weighted by atomic mass is 9.98. The Kier molecular flexibility index (Phi) is 3.23. The molecule has 2 aromatic carbocycles. The number of allylic oxidation sites excluding steroid dienone is 2. The molecule has 4 rings (SSSR count). The van der Waals surface area contributed by atoms with Crippen LogP contribution in [0, 0.1) is 5.92 Å². The van der Waals surface area contributed by atoms with Crippen LogP contribution in [0.1, 0.15) is 13.3 Å². The molecule has 1 aliphatic heterocycles. The van der Waals surface area contributed by atoms with Gasteiger partial charge in [0.25, 0.3) is 0 Å². The summed E-state index contributed by atoms with van der Waals surface area (Å²) in [5, 5.41) is 0. The van der Waals surface area contributed by atoms with Crippen molar-refractivity contribution in [3.63, 3.8) is 0 Å². The van der Waals surface area contributed by atoms with Crippen LogP contribution in [0.3, 0.4) is 0 Å². The van der Waals surface area contributed by atoms with E-state index < -0.39 is 0 Å². The number of anilines is 2. The standard InChI is InChI=1S/C20H19NO/c1-15-10-12-16(13-11-15)14-21-17-6-2-4-8-19(17)22-20-9-5-3-7-18(20)21/h2-10,12-13,15H,11,14H2,1H3. The molecule has 1 atom stereocenters. The average Bonchev–Trinajstić information content (AvgIpc) is 2.56. The molecule has 22 heavy (non-hydrogen) atoms. The largest absolute Gasteiger partial charge is 0.453 e. The van der Waals surface area contributed by atoms with E-state index in [4.69, 9.17) is 4.74 Å². The quantitative estimate of drug-likeness (QED) is 0.728. The molecule has 0 fully saturated rings. The van der Waals surface area contributed by atoms with Gasteiger partial charge < -0.3 is 9.64 Å². The first-order chi connectivity index (χ1) is 10.8. The molecular weight excluding hydrogens is 270 g/mol. The molecule has 0 amide bonds. The first-order valence-electron chi connectivity index (χ1n) is 7.82. The van der Waals surface area contributed by atoms with Gasteiger partial charge in [-0.15, -0.1) is 0 Å². The van der Waals surface area contributed by atoms with Crippen LogP contribution in [0.25, 0.3) is 0 Å². The van der Waals surface area contributed by atoms with Crippen molar-refractivity contribution in [1.29, 1.82) is 0 Å². The van der Waals surface area contributed by atoms with E-state index in [9.17, 15) is 0 Å². The summed E-state index contributed by atoms with van der Waals surface area (Å²) in [5.41, 5.74) is 3.63. The average molecular weight is 289 g/mol. The van der Waals surface area contributed by atoms with E-state index in [0.717, 1.165) is 35.8 Å². The van der Waals surface area contributed by atoms with Crippen molar-refractivity contribution < 1.29 is 4.74 Å². The van der Waals surface area contributed by atoms with Gasteiger partial charge in [-0.25, -0.2) is 0 Å². The molecule has 0 N–H and O–H groups in total. The number of fused-ring (bicyclic) bond motifs is 2. The maximum absolute atomic E-state index is 6.03. The van der Waals surface area contributed by atoms with Gasteiger partial charge in [-0.1, -0.05) is 49.4 Å². The summed E-state index contributed by atoms with van der Waals surface area (Å²) in [7, 11) is 0. The van der Waals surface area contributed by atoms with Gasteiger partial charge in [0.15, 0.2) is 11.5 Å². The van der Waals surface area contributed by atoms with Gasteiger partial charge in [0.1, 0.15) is 0 Å². The minimum Gasteiger partial charge on any atom is -0.453 e. The Morgan fingerprint density at radius 1 is 1.00 bits per heavy atom. The molecule has 2 aromatic rings. The molecule has 0 radical (unpaired) electrons. The fraction of sp³-hybridized carbons (Fsp3) is 0.200. The number of ether oxygens (including phenoxy) is 1. The zero-order chi connectivity index (χ0) is 14.9. The smallest absolute Gasteiger partial charge is 0.151 e. The predicted octanol–water partition coefficient (Wildman–Crippen LogP) is 5.45. The maximum Gasteiger partial charge on any atom is 0.151 e. The van der Waals surface area contributed by atoms with Crippen LogP contribution in [0.2, 0.25) is 0 Å². The summed E-state index contributed by atoms with van der Waals surface area (Å²) >= 11 is 0. The lowest BCUT2D eigenvalue weighted by Crippen LogP contribution is -2.23. The van der Waals surface area contributed by atoms with E-state index in [2.05, 4.69) is 54.3 Å². The molecule has 0 saturated heterocycles. The van der Waals surface area contributed by atoms with E-state index in [1.165, 1.54) is 5.57 Å². The number of nitrogens with zero attached hydrogens (tertiary/aromatic N) is 1. The van der Waals surface area contributed by atoms with Crippen LogP contribution in [-0.2, 0) is 0 Å². The lowest BCUT2D eigenvalue weighted by Gasteiger charge is -2.33. The van der Waals surface area contributed by atoms with Gasteiger partial charge in [-0.05, 0) is 42.2 Å². The highest BCUT2D eigenvalue weighted by molar-refractivity contribution is 5.78. The molecule has 1 unspecified atom stereocenters. The Morgan fingerprint density at radius 3 is 2.23 bits per heavy atom. The molecule has 2 nitrogen and oxygen atoms in total. The van der Waals surface area contributed by atoms with Crippen LogP contribution < -0.4 is 9.64 Å². The van der Waals surface area contributed by atoms with Crippen molar-refractivity contribution in [2.24, 2.45) is 5.92 Å². The van der Waals surface area contributed by atoms with Crippen molar-refractivity contribution >= 4 is 11.4 Å². The maximum atomic E-state index is 6.03. The molecule has 0 saturated carbocycles. The highest BCUT2D eigenvalue weighted by Gasteiger charge is 2.24. The van der Waals surface area contributed by atoms with Crippen LogP contribution >= 0.6 is 0 Å². The van der Waals surface area contributed by atoms with Crippen molar-refractivity contribution in [2.75, 3.05) is 11.4 Å². The van der Waals surface area contributed by atoms with Gasteiger partial charge in [0.05, 0.1) is 11.4 Å². The van der Waals surface area contributed by atoms with E-state index in [1.807, 2.05) is 24.3 Å². The molecule has 1 aliphatic carbocycles. The predicted molar refractivity (Wildman–Crippen MR) is 91.0 cm³/mol. The second-order valence-electron chi connectivity index (χ2n) is 5.97. The van der Waals surface area contributed by atoms with E-state index in [0.29, 0.717) is 5.92 Å². The molecule has 0 aromatic heterocycles. The molecule has 2 aliphatic rings. The topological polar surface area (TPSA) is 12.5 Å². The molecule has 110 valence electrons. The summed E-state index contributed by atoms with van der Waals surface area (Å²) < 4.78 is 6.03. The van der Waals surface area contributed by atoms with Crippen molar-refractivity contribution in [3.05, 3.63) is 72.3 Å². The van der Waals surface area contributed by atoms with Crippen molar-refractivity contribution in [3.8, 4) is 11.5 Å². The number of hydrogen-bond donors (Lipinski definition) is 0. The van der Waals surface area contributed by atoms with Crippen LogP contribution in [0.4, 0.5) is 11.4 Å². The minimum atomic E-state index is 0.646. The first kappa shape index (κ1) is 13.2. The third-order valence-electron chi connectivity index (χ3n) is 4.26. The molecule has 1 heterocycles. The first-order valence-corrected chi connectivity index (χ1v) is 7.82. The Hall–Kier alpha value is -2.48. The highest BCUT2D eigenvalue weighted by atomic mass is 16.5. The summed E-state index contributed by atoms with van der Waals surface area (Å²) in [5.74, 6) is 2.50. The molecule has 0 spiro atoms. The van der Waals surface area contributed by atoms with E-state index >= 15 is 0 Å². The highest BCUT2D eigenvalue weighted by Crippen LogP contribution is 2.46. The van der Waals surface area contributed by atoms with Gasteiger partial charge in [-0.2, -0.15) is 0 Å². The SMILES string of the molecule is CC1C=CC(CN2c3ccccc3Oc3ccccc32)=CC1. The minimum absolute atomic E-state index is 0.646. The normalized spacial score (nSPS) is 19.0. The Balaban J connectivity index is 1.73. The zero-order valence-corrected chi connectivity index (χ0v) is 12.7. The molecule has 2 heteroatoms. The van der Waals surface area contributed by atoms with Crippen LogP contribution in [0.15, 0.2) is 72.3 Å². The summed E-state index contributed by atoms with van der Waals surface area (Å²) in [6, 6.07) is 16.5. The molecule has 0 bridgehead atoms. The number of benzene rings is 2. The Labute approximate surface area is 131 Å². The van der Waals surface area contributed by atoms with Crippen LogP contribution in [-0.4, -0.2) is 6.54 Å². The van der Waals surface area contributed by atoms with E-state index in [-0.39, 0.29) is 0 Å². The van der Waals surface area contributed by atoms with Crippen molar-refractivity contribution in [2.45, 2.75) is 13.3 Å². The number of para-hydroxylation sites is 4. The zero-order valence-electron chi connectivity index (χ0n) is 12.7. The third-order valence-corrected chi connectivity index (χ3v) is 4.26. The lowest BCUT2D eigenvalue weighted by molar-refractivity contribution is 0.474. The van der Waals surface area contributed by atoms with Gasteiger partial charge in [0.2, 0.25) is 0 Å². The molecular formula is C20H19NO. The third kappa shape index (κ3) is 2.31. The summed E-state index contributed by atoms with van der Waals surface area (Å²) in [6.45, 7) is 3.13. The van der Waals surface area contributed by atoms with E-state index in [1.54, 1.807) is 0 Å². The summed E-state index contributed by atoms with van der Waals surface area (Å²) in [4.78, 5) is 2.35. The van der Waals surface area contributed by atoms with Gasteiger partial charge >= 0.3 is 0 Å². The Morgan fingerprint density at radius 2 is 1.64 bits per heavy atom. The van der Waals surface area contributed by atoms with Gasteiger partial charge in [0, 0.05) is 6.54 Å². The second kappa shape index (κ2) is 5.38. The van der Waals surface area contributed by atoms with Gasteiger partial charge in [-0.3, -0.25) is 0 Å².